The molecule has 3 aromatic carbocycles. The molecular formula is C27H24Cl2N2O6. The summed E-state index contributed by atoms with van der Waals surface area (Å²) in [7, 11) is 0. The van der Waals surface area contributed by atoms with Crippen molar-refractivity contribution in [3.8, 4) is 17.2 Å². The van der Waals surface area contributed by atoms with Crippen molar-refractivity contribution >= 4 is 46.7 Å². The second-order valence-electron chi connectivity index (χ2n) is 8.52. The van der Waals surface area contributed by atoms with Gasteiger partial charge in [-0.05, 0) is 61.7 Å². The predicted octanol–water partition coefficient (Wildman–Crippen LogP) is 5.85. The van der Waals surface area contributed by atoms with Gasteiger partial charge in [0.1, 0.15) is 18.0 Å². The van der Waals surface area contributed by atoms with Crippen LogP contribution >= 0.6 is 23.2 Å². The third-order valence-corrected chi connectivity index (χ3v) is 6.48. The summed E-state index contributed by atoms with van der Waals surface area (Å²) in [6.45, 7) is 0.633. The van der Waals surface area contributed by atoms with Crippen molar-refractivity contribution in [3.05, 3.63) is 81.8 Å². The van der Waals surface area contributed by atoms with E-state index in [1.54, 1.807) is 35.2 Å². The molecule has 1 heterocycles. The molecule has 10 heteroatoms. The average Bonchev–Trinajstić information content (AvgIpc) is 2.90. The van der Waals surface area contributed by atoms with Crippen LogP contribution in [0, 0.1) is 0 Å². The quantitative estimate of drug-likeness (QED) is 0.387. The molecule has 192 valence electrons. The predicted molar refractivity (Wildman–Crippen MR) is 140 cm³/mol. The maximum atomic E-state index is 13.0. The van der Waals surface area contributed by atoms with Crippen LogP contribution in [0.2, 0.25) is 10.0 Å². The number of phenolic OH excluding ortho intramolecular Hbond substituents is 1. The van der Waals surface area contributed by atoms with Crippen LogP contribution in [0.15, 0.2) is 60.7 Å². The van der Waals surface area contributed by atoms with Gasteiger partial charge >= 0.3 is 5.97 Å². The van der Waals surface area contributed by atoms with Crippen LogP contribution in [0.3, 0.4) is 0 Å². The number of phenols is 1. The number of carboxylic acid groups (broad SMARTS) is 1. The molecule has 2 N–H and O–H groups in total. The van der Waals surface area contributed by atoms with Crippen LogP contribution in [-0.2, 0) is 4.79 Å². The van der Waals surface area contributed by atoms with Gasteiger partial charge in [0.15, 0.2) is 5.75 Å². The highest BCUT2D eigenvalue weighted by molar-refractivity contribution is 6.37. The number of nitrogens with zero attached hydrogens (tertiary/aromatic N) is 2. The number of likely N-dealkylation sites (tertiary alicyclic amines) is 1. The van der Waals surface area contributed by atoms with Gasteiger partial charge in [-0.3, -0.25) is 19.3 Å². The first-order chi connectivity index (χ1) is 17.7. The van der Waals surface area contributed by atoms with Crippen molar-refractivity contribution in [2.24, 2.45) is 0 Å². The molecule has 0 aliphatic carbocycles. The minimum atomic E-state index is -1.22. The smallest absolute Gasteiger partial charge is 0.323 e. The van der Waals surface area contributed by atoms with Gasteiger partial charge < -0.3 is 19.8 Å². The summed E-state index contributed by atoms with van der Waals surface area (Å²) in [6.07, 6.45) is 2.88. The zero-order valence-corrected chi connectivity index (χ0v) is 21.2. The van der Waals surface area contributed by atoms with E-state index in [1.165, 1.54) is 30.3 Å². The molecular weight excluding hydrogens is 519 g/mol. The van der Waals surface area contributed by atoms with E-state index in [-0.39, 0.29) is 44.5 Å². The molecule has 8 nitrogen and oxygen atoms in total. The van der Waals surface area contributed by atoms with Crippen molar-refractivity contribution in [2.45, 2.75) is 19.3 Å². The largest absolute Gasteiger partial charge is 0.507 e. The topological polar surface area (TPSA) is 107 Å². The number of amides is 2. The summed E-state index contributed by atoms with van der Waals surface area (Å²) < 4.78 is 5.87. The number of ether oxygens (including phenoxy) is 1. The lowest BCUT2D eigenvalue weighted by molar-refractivity contribution is -0.135. The van der Waals surface area contributed by atoms with Crippen molar-refractivity contribution < 1.29 is 29.3 Å². The van der Waals surface area contributed by atoms with Crippen LogP contribution < -0.4 is 9.64 Å². The normalized spacial score (nSPS) is 13.2. The van der Waals surface area contributed by atoms with Gasteiger partial charge in [0.25, 0.3) is 11.8 Å². The second kappa shape index (κ2) is 11.5. The molecule has 4 rings (SSSR count). The molecule has 0 radical (unpaired) electrons. The van der Waals surface area contributed by atoms with Crippen LogP contribution in [-0.4, -0.2) is 52.5 Å². The molecule has 3 aromatic rings. The lowest BCUT2D eigenvalue weighted by atomic mass is 10.1. The number of aromatic hydroxyl groups is 1. The van der Waals surface area contributed by atoms with E-state index in [0.717, 1.165) is 24.2 Å². The lowest BCUT2D eigenvalue weighted by Crippen LogP contribution is -2.35. The molecule has 0 unspecified atom stereocenters. The van der Waals surface area contributed by atoms with Crippen molar-refractivity contribution in [3.63, 3.8) is 0 Å². The SMILES string of the molecule is O=C(O)CN(C(=O)c1ccccc1)c1cc(Cl)c(Oc2ccc(O)c(C(=O)N3CCCCC3)c2)c(Cl)c1. The van der Waals surface area contributed by atoms with Crippen molar-refractivity contribution in [1.82, 2.24) is 4.90 Å². The van der Waals surface area contributed by atoms with E-state index < -0.39 is 18.4 Å². The number of anilines is 1. The third-order valence-electron chi connectivity index (χ3n) is 5.92. The Kier molecular flexibility index (Phi) is 8.21. The Labute approximate surface area is 223 Å². The maximum absolute atomic E-state index is 13.0. The minimum absolute atomic E-state index is 0.0238. The number of piperidine rings is 1. The van der Waals surface area contributed by atoms with E-state index in [4.69, 9.17) is 27.9 Å². The number of carbonyl (C=O) groups excluding carboxylic acids is 2. The van der Waals surface area contributed by atoms with Gasteiger partial charge in [0.2, 0.25) is 0 Å². The zero-order valence-electron chi connectivity index (χ0n) is 19.7. The van der Waals surface area contributed by atoms with Crippen LogP contribution in [0.4, 0.5) is 5.69 Å². The van der Waals surface area contributed by atoms with E-state index in [2.05, 4.69) is 0 Å². The van der Waals surface area contributed by atoms with E-state index in [0.29, 0.717) is 18.7 Å². The Balaban J connectivity index is 1.62. The first kappa shape index (κ1) is 26.3. The Morgan fingerprint density at radius 3 is 2.19 bits per heavy atom. The highest BCUT2D eigenvalue weighted by Crippen LogP contribution is 2.41. The minimum Gasteiger partial charge on any atom is -0.507 e. The van der Waals surface area contributed by atoms with Gasteiger partial charge in [0, 0.05) is 24.3 Å². The molecule has 0 saturated carbocycles. The van der Waals surface area contributed by atoms with E-state index >= 15 is 0 Å². The van der Waals surface area contributed by atoms with Crippen LogP contribution in [0.25, 0.3) is 0 Å². The molecule has 1 saturated heterocycles. The Hall–Kier alpha value is -3.75. The fraction of sp³-hybridized carbons (Fsp3) is 0.222. The summed E-state index contributed by atoms with van der Waals surface area (Å²) in [5.74, 6) is -1.94. The van der Waals surface area contributed by atoms with Gasteiger partial charge in [-0.2, -0.15) is 0 Å². The van der Waals surface area contributed by atoms with E-state index in [9.17, 15) is 24.6 Å². The summed E-state index contributed by atoms with van der Waals surface area (Å²) >= 11 is 12.9. The molecule has 1 aliphatic heterocycles. The van der Waals surface area contributed by atoms with Crippen LogP contribution in [0.5, 0.6) is 17.2 Å². The number of carbonyl (C=O) groups is 3. The number of hydrogen-bond donors (Lipinski definition) is 2. The highest BCUT2D eigenvalue weighted by Gasteiger charge is 2.24. The first-order valence-electron chi connectivity index (χ1n) is 11.6. The van der Waals surface area contributed by atoms with Crippen LogP contribution in [0.1, 0.15) is 40.0 Å². The highest BCUT2D eigenvalue weighted by atomic mass is 35.5. The Morgan fingerprint density at radius 1 is 0.919 bits per heavy atom. The summed E-state index contributed by atoms with van der Waals surface area (Å²) in [5.41, 5.74) is 0.570. The second-order valence-corrected chi connectivity index (χ2v) is 9.34. The van der Waals surface area contributed by atoms with E-state index in [1.807, 2.05) is 0 Å². The summed E-state index contributed by atoms with van der Waals surface area (Å²) in [6, 6.07) is 15.2. The number of hydrogen-bond acceptors (Lipinski definition) is 5. The number of benzene rings is 3. The monoisotopic (exact) mass is 542 g/mol. The average molecular weight is 543 g/mol. The fourth-order valence-electron chi connectivity index (χ4n) is 4.09. The fourth-order valence-corrected chi connectivity index (χ4v) is 4.64. The molecule has 0 spiro atoms. The summed E-state index contributed by atoms with van der Waals surface area (Å²) in [4.78, 5) is 40.2. The standard InChI is InChI=1S/C27H24Cl2N2O6/c28-21-13-18(31(16-24(33)34)26(35)17-7-3-1-4-8-17)14-22(29)25(21)37-19-9-10-23(32)20(15-19)27(36)30-11-5-2-6-12-30/h1,3-4,7-10,13-15,32H,2,5-6,11-12,16H2,(H,33,34). The zero-order chi connectivity index (χ0) is 26.5. The number of aliphatic carboxylic acids is 1. The molecule has 2 amide bonds. The van der Waals surface area contributed by atoms with Gasteiger partial charge in [-0.15, -0.1) is 0 Å². The Bertz CT molecular complexity index is 1300. The molecule has 0 bridgehead atoms. The maximum Gasteiger partial charge on any atom is 0.323 e. The van der Waals surface area contributed by atoms with Gasteiger partial charge in [-0.1, -0.05) is 41.4 Å². The molecule has 1 aliphatic rings. The Morgan fingerprint density at radius 2 is 1.57 bits per heavy atom. The third kappa shape index (κ3) is 6.15. The van der Waals surface area contributed by atoms with Crippen molar-refractivity contribution in [1.29, 1.82) is 0 Å². The lowest BCUT2D eigenvalue weighted by Gasteiger charge is -2.27. The molecule has 0 atom stereocenters. The van der Waals surface area contributed by atoms with Gasteiger partial charge in [-0.25, -0.2) is 0 Å². The number of halogens is 2. The number of carboxylic acids is 1. The molecule has 1 fully saturated rings. The van der Waals surface area contributed by atoms with Crippen molar-refractivity contribution in [2.75, 3.05) is 24.5 Å². The first-order valence-corrected chi connectivity index (χ1v) is 12.4. The summed E-state index contributed by atoms with van der Waals surface area (Å²) in [5, 5.41) is 19.7. The molecule has 0 aromatic heterocycles. The molecule has 37 heavy (non-hydrogen) atoms. The number of rotatable bonds is 7. The van der Waals surface area contributed by atoms with Gasteiger partial charge in [0.05, 0.1) is 15.6 Å².